The number of carbonyl (C=O) groups excluding carboxylic acids is 2. The van der Waals surface area contributed by atoms with E-state index in [1.54, 1.807) is 6.07 Å². The molecule has 0 atom stereocenters. The Morgan fingerprint density at radius 2 is 1.78 bits per heavy atom. The Kier molecular flexibility index (Phi) is 4.73. The summed E-state index contributed by atoms with van der Waals surface area (Å²) in [6.45, 7) is 1.04. The molecule has 2 heterocycles. The lowest BCUT2D eigenvalue weighted by Crippen LogP contribution is -2.29. The predicted octanol–water partition coefficient (Wildman–Crippen LogP) is 2.78. The minimum Gasteiger partial charge on any atom is -0.351 e. The quantitative estimate of drug-likeness (QED) is 0.609. The third-order valence-electron chi connectivity index (χ3n) is 3.44. The molecule has 0 aliphatic carbocycles. The Labute approximate surface area is 137 Å². The number of nitrogens with one attached hydrogen (secondary N) is 3. The van der Waals surface area contributed by atoms with Crippen molar-refractivity contribution in [3.63, 3.8) is 0 Å². The zero-order valence-corrected chi connectivity index (χ0v) is 13.3. The molecule has 0 aliphatic rings. The van der Waals surface area contributed by atoms with E-state index in [4.69, 9.17) is 0 Å². The van der Waals surface area contributed by atoms with Gasteiger partial charge in [0, 0.05) is 24.0 Å². The number of hydrogen-bond acceptors (Lipinski definition) is 3. The lowest BCUT2D eigenvalue weighted by atomic mass is 10.2. The molecule has 0 saturated heterocycles. The molecule has 3 aromatic rings. The van der Waals surface area contributed by atoms with E-state index in [1.807, 2.05) is 41.8 Å². The molecule has 0 aliphatic heterocycles. The topological polar surface area (TPSA) is 74.0 Å². The van der Waals surface area contributed by atoms with Crippen LogP contribution in [0.15, 0.2) is 47.8 Å². The summed E-state index contributed by atoms with van der Waals surface area (Å²) in [4.78, 5) is 27.6. The highest BCUT2D eigenvalue weighted by Crippen LogP contribution is 2.14. The summed E-state index contributed by atoms with van der Waals surface area (Å²) in [5.74, 6) is -0.201. The fraction of sp³-hybridized carbons (Fsp3) is 0.176. The van der Waals surface area contributed by atoms with Crippen molar-refractivity contribution in [1.29, 1.82) is 0 Å². The van der Waals surface area contributed by atoms with Gasteiger partial charge < -0.3 is 15.6 Å². The fourth-order valence-electron chi connectivity index (χ4n) is 2.28. The summed E-state index contributed by atoms with van der Waals surface area (Å²) < 4.78 is 0. The van der Waals surface area contributed by atoms with Gasteiger partial charge in [0.2, 0.25) is 0 Å². The van der Waals surface area contributed by atoms with Gasteiger partial charge in [-0.25, -0.2) is 0 Å². The van der Waals surface area contributed by atoms with E-state index >= 15 is 0 Å². The van der Waals surface area contributed by atoms with Gasteiger partial charge >= 0.3 is 0 Å². The molecule has 5 nitrogen and oxygen atoms in total. The Morgan fingerprint density at radius 1 is 1.00 bits per heavy atom. The highest BCUT2D eigenvalue weighted by atomic mass is 32.1. The molecular weight excluding hydrogens is 310 g/mol. The molecule has 3 rings (SSSR count). The van der Waals surface area contributed by atoms with Gasteiger partial charge in [-0.15, -0.1) is 11.3 Å². The number of benzene rings is 1. The molecular formula is C17H17N3O2S. The van der Waals surface area contributed by atoms with E-state index in [9.17, 15) is 9.59 Å². The van der Waals surface area contributed by atoms with Crippen molar-refractivity contribution in [2.45, 2.75) is 6.42 Å². The minimum atomic E-state index is -0.134. The van der Waals surface area contributed by atoms with Crippen molar-refractivity contribution in [1.82, 2.24) is 15.6 Å². The highest BCUT2D eigenvalue weighted by Gasteiger charge is 2.09. The Morgan fingerprint density at radius 3 is 2.52 bits per heavy atom. The van der Waals surface area contributed by atoms with Gasteiger partial charge in [-0.3, -0.25) is 9.59 Å². The van der Waals surface area contributed by atoms with Crippen molar-refractivity contribution in [3.05, 3.63) is 58.4 Å². The Hall–Kier alpha value is -2.60. The van der Waals surface area contributed by atoms with Gasteiger partial charge in [0.1, 0.15) is 5.69 Å². The first-order valence-corrected chi connectivity index (χ1v) is 8.29. The molecule has 6 heteroatoms. The number of aromatic nitrogens is 1. The monoisotopic (exact) mass is 327 g/mol. The van der Waals surface area contributed by atoms with Crippen LogP contribution in [-0.2, 0) is 0 Å². The third-order valence-corrected chi connectivity index (χ3v) is 4.31. The number of H-pyrrole nitrogens is 1. The zero-order chi connectivity index (χ0) is 16.1. The van der Waals surface area contributed by atoms with Crippen LogP contribution in [0.5, 0.6) is 0 Å². The summed E-state index contributed by atoms with van der Waals surface area (Å²) in [6.07, 6.45) is 0.684. The van der Waals surface area contributed by atoms with Crippen LogP contribution in [0.25, 0.3) is 10.9 Å². The van der Waals surface area contributed by atoms with Crippen molar-refractivity contribution in [2.75, 3.05) is 13.1 Å². The van der Waals surface area contributed by atoms with Gasteiger partial charge in [-0.05, 0) is 30.0 Å². The average Bonchev–Trinajstić information content (AvgIpc) is 3.23. The highest BCUT2D eigenvalue weighted by molar-refractivity contribution is 7.12. The number of amides is 2. The van der Waals surface area contributed by atoms with Gasteiger partial charge in [-0.1, -0.05) is 24.3 Å². The molecule has 23 heavy (non-hydrogen) atoms. The van der Waals surface area contributed by atoms with E-state index in [0.29, 0.717) is 30.1 Å². The normalized spacial score (nSPS) is 10.6. The first-order valence-electron chi connectivity index (χ1n) is 7.42. The number of fused-ring (bicyclic) bond motifs is 1. The van der Waals surface area contributed by atoms with Crippen LogP contribution in [0.1, 0.15) is 26.6 Å². The summed E-state index contributed by atoms with van der Waals surface area (Å²) in [7, 11) is 0. The summed E-state index contributed by atoms with van der Waals surface area (Å²) in [5, 5.41) is 8.57. The zero-order valence-electron chi connectivity index (χ0n) is 12.5. The van der Waals surface area contributed by atoms with Crippen LogP contribution in [0, 0.1) is 0 Å². The van der Waals surface area contributed by atoms with E-state index in [0.717, 1.165) is 10.9 Å². The second-order valence-electron chi connectivity index (χ2n) is 5.11. The van der Waals surface area contributed by atoms with Gasteiger partial charge in [-0.2, -0.15) is 0 Å². The second kappa shape index (κ2) is 7.11. The first kappa shape index (κ1) is 15.3. The Bertz CT molecular complexity index is 775. The van der Waals surface area contributed by atoms with Crippen molar-refractivity contribution in [2.24, 2.45) is 0 Å². The van der Waals surface area contributed by atoms with Crippen LogP contribution in [0.2, 0.25) is 0 Å². The molecule has 3 N–H and O–H groups in total. The van der Waals surface area contributed by atoms with E-state index < -0.39 is 0 Å². The van der Waals surface area contributed by atoms with Crippen LogP contribution in [0.4, 0.5) is 0 Å². The van der Waals surface area contributed by atoms with Crippen LogP contribution in [-0.4, -0.2) is 29.9 Å². The molecule has 2 aromatic heterocycles. The maximum absolute atomic E-state index is 12.1. The molecule has 0 fully saturated rings. The molecule has 0 radical (unpaired) electrons. The summed E-state index contributed by atoms with van der Waals surface area (Å²) in [5.41, 5.74) is 1.50. The van der Waals surface area contributed by atoms with Gasteiger partial charge in [0.05, 0.1) is 4.88 Å². The second-order valence-corrected chi connectivity index (χ2v) is 6.06. The molecule has 0 bridgehead atoms. The van der Waals surface area contributed by atoms with Crippen LogP contribution < -0.4 is 10.6 Å². The molecule has 118 valence electrons. The standard InChI is InChI=1S/C17H17N3O2S/c21-16(14-11-12-5-1-2-6-13(12)20-14)18-8-4-9-19-17(22)15-7-3-10-23-15/h1-3,5-7,10-11,20H,4,8-9H2,(H,18,21)(H,19,22). The largest absolute Gasteiger partial charge is 0.351 e. The number of aromatic amines is 1. The fourth-order valence-corrected chi connectivity index (χ4v) is 2.92. The lowest BCUT2D eigenvalue weighted by molar-refractivity contribution is 0.0949. The average molecular weight is 327 g/mol. The number of carbonyl (C=O) groups is 2. The molecule has 0 spiro atoms. The predicted molar refractivity (Wildman–Crippen MR) is 91.9 cm³/mol. The van der Waals surface area contributed by atoms with Gasteiger partial charge in [0.15, 0.2) is 0 Å². The van der Waals surface area contributed by atoms with Crippen molar-refractivity contribution < 1.29 is 9.59 Å². The number of thiophene rings is 1. The molecule has 0 saturated carbocycles. The van der Waals surface area contributed by atoms with Crippen LogP contribution >= 0.6 is 11.3 Å². The number of rotatable bonds is 6. The van der Waals surface area contributed by atoms with E-state index in [1.165, 1.54) is 11.3 Å². The van der Waals surface area contributed by atoms with Crippen molar-refractivity contribution in [3.8, 4) is 0 Å². The molecule has 2 amide bonds. The maximum Gasteiger partial charge on any atom is 0.267 e. The molecule has 1 aromatic carbocycles. The lowest BCUT2D eigenvalue weighted by Gasteiger charge is -2.05. The van der Waals surface area contributed by atoms with Crippen LogP contribution in [0.3, 0.4) is 0 Å². The maximum atomic E-state index is 12.1. The smallest absolute Gasteiger partial charge is 0.267 e. The van der Waals surface area contributed by atoms with Gasteiger partial charge in [0.25, 0.3) is 11.8 Å². The molecule has 0 unspecified atom stereocenters. The minimum absolute atomic E-state index is 0.0676. The van der Waals surface area contributed by atoms with E-state index in [-0.39, 0.29) is 11.8 Å². The third kappa shape index (κ3) is 3.78. The summed E-state index contributed by atoms with van der Waals surface area (Å²) >= 11 is 1.41. The van der Waals surface area contributed by atoms with E-state index in [2.05, 4.69) is 15.6 Å². The summed E-state index contributed by atoms with van der Waals surface area (Å²) in [6, 6.07) is 13.2. The Balaban J connectivity index is 1.42. The SMILES string of the molecule is O=C(NCCCNC(=O)c1cccs1)c1cc2ccccc2[nH]1. The number of hydrogen-bond donors (Lipinski definition) is 3. The number of para-hydroxylation sites is 1. The first-order chi connectivity index (χ1) is 11.2. The van der Waals surface area contributed by atoms with Crippen molar-refractivity contribution >= 4 is 34.1 Å².